The summed E-state index contributed by atoms with van der Waals surface area (Å²) < 4.78 is 49.0. The second kappa shape index (κ2) is 8.26. The summed E-state index contributed by atoms with van der Waals surface area (Å²) in [4.78, 5) is 13.9. The van der Waals surface area contributed by atoms with Crippen LogP contribution in [0.15, 0.2) is 45.9 Å². The number of furan rings is 1. The fourth-order valence-corrected chi connectivity index (χ4v) is 2.62. The second-order valence-electron chi connectivity index (χ2n) is 5.94. The summed E-state index contributed by atoms with van der Waals surface area (Å²) in [5.41, 5.74) is 1.75. The van der Waals surface area contributed by atoms with Gasteiger partial charge in [0.15, 0.2) is 5.88 Å². The molecule has 1 aliphatic rings. The first-order chi connectivity index (χ1) is 12.9. The van der Waals surface area contributed by atoms with Crippen LogP contribution in [0, 0.1) is 0 Å². The molecule has 0 aliphatic carbocycles. The van der Waals surface area contributed by atoms with Crippen LogP contribution in [0.4, 0.5) is 19.1 Å². The third-order valence-electron chi connectivity index (χ3n) is 3.94. The van der Waals surface area contributed by atoms with Crippen LogP contribution in [0.25, 0.3) is 0 Å². The number of rotatable bonds is 5. The average molecular weight is 381 g/mol. The lowest BCUT2D eigenvalue weighted by Crippen LogP contribution is -2.35. The Bertz CT molecular complexity index is 811. The maximum atomic E-state index is 12.7. The number of nitrogens with zero attached hydrogens (tertiary/aromatic N) is 2. The number of carbonyl (C=O) groups excluding carboxylic acids is 1. The lowest BCUT2D eigenvalue weighted by Gasteiger charge is -2.26. The Morgan fingerprint density at radius 1 is 1.22 bits per heavy atom. The van der Waals surface area contributed by atoms with Gasteiger partial charge in [-0.25, -0.2) is 5.43 Å². The van der Waals surface area contributed by atoms with Crippen molar-refractivity contribution in [2.75, 3.05) is 31.2 Å². The standard InChI is InChI=1S/C18H18F3N3O3/c19-18(20,21)14-3-1-2-13(10-14)11-16(25)23-22-12-15-4-5-17(27-15)24-6-8-26-9-7-24/h1-5,10,12H,6-9,11H2,(H,23,25)/b22-12+. The van der Waals surface area contributed by atoms with Crippen molar-refractivity contribution in [3.8, 4) is 0 Å². The molecule has 2 aromatic rings. The van der Waals surface area contributed by atoms with E-state index in [1.807, 2.05) is 4.90 Å². The predicted octanol–water partition coefficient (Wildman–Crippen LogP) is 2.83. The van der Waals surface area contributed by atoms with E-state index in [4.69, 9.17) is 9.15 Å². The number of benzene rings is 1. The molecule has 2 heterocycles. The SMILES string of the molecule is O=C(Cc1cccc(C(F)(F)F)c1)N/N=C/c1ccc(N2CCOCC2)o1. The van der Waals surface area contributed by atoms with Crippen molar-refractivity contribution >= 4 is 18.0 Å². The van der Waals surface area contributed by atoms with Gasteiger partial charge in [-0.05, 0) is 17.7 Å². The number of anilines is 1. The zero-order valence-corrected chi connectivity index (χ0v) is 14.3. The molecule has 0 radical (unpaired) electrons. The van der Waals surface area contributed by atoms with Gasteiger partial charge in [-0.2, -0.15) is 18.3 Å². The first kappa shape index (κ1) is 19.0. The number of amides is 1. The maximum absolute atomic E-state index is 12.7. The third-order valence-corrected chi connectivity index (χ3v) is 3.94. The molecule has 0 spiro atoms. The molecule has 3 rings (SSSR count). The molecule has 1 aliphatic heterocycles. The Labute approximate surface area is 153 Å². The Hall–Kier alpha value is -2.81. The quantitative estimate of drug-likeness (QED) is 0.639. The molecule has 0 saturated carbocycles. The molecule has 1 aromatic heterocycles. The molecule has 1 fully saturated rings. The number of morpholine rings is 1. The van der Waals surface area contributed by atoms with Crippen molar-refractivity contribution in [2.24, 2.45) is 5.10 Å². The highest BCUT2D eigenvalue weighted by molar-refractivity contribution is 5.82. The van der Waals surface area contributed by atoms with Crippen LogP contribution in [-0.4, -0.2) is 38.4 Å². The van der Waals surface area contributed by atoms with Gasteiger partial charge in [-0.15, -0.1) is 0 Å². The monoisotopic (exact) mass is 381 g/mol. The van der Waals surface area contributed by atoms with E-state index in [2.05, 4.69) is 10.5 Å². The molecule has 1 N–H and O–H groups in total. The topological polar surface area (TPSA) is 67.1 Å². The fourth-order valence-electron chi connectivity index (χ4n) is 2.62. The van der Waals surface area contributed by atoms with E-state index in [1.54, 1.807) is 12.1 Å². The third kappa shape index (κ3) is 5.33. The normalized spacial score (nSPS) is 15.3. The molecule has 6 nitrogen and oxygen atoms in total. The molecule has 144 valence electrons. The number of nitrogens with one attached hydrogen (secondary N) is 1. The number of hydrogen-bond acceptors (Lipinski definition) is 5. The van der Waals surface area contributed by atoms with Gasteiger partial charge >= 0.3 is 6.18 Å². The minimum absolute atomic E-state index is 0.210. The van der Waals surface area contributed by atoms with Crippen LogP contribution in [0.5, 0.6) is 0 Å². The van der Waals surface area contributed by atoms with Crippen molar-refractivity contribution < 1.29 is 27.1 Å². The Morgan fingerprint density at radius 3 is 2.74 bits per heavy atom. The van der Waals surface area contributed by atoms with E-state index >= 15 is 0 Å². The molecule has 0 atom stereocenters. The van der Waals surface area contributed by atoms with E-state index in [-0.39, 0.29) is 12.0 Å². The van der Waals surface area contributed by atoms with Crippen molar-refractivity contribution in [1.82, 2.24) is 5.43 Å². The van der Waals surface area contributed by atoms with E-state index in [9.17, 15) is 18.0 Å². The van der Waals surface area contributed by atoms with Crippen LogP contribution < -0.4 is 10.3 Å². The van der Waals surface area contributed by atoms with Crippen LogP contribution in [0.2, 0.25) is 0 Å². The molecule has 1 amide bonds. The number of halogens is 3. The highest BCUT2D eigenvalue weighted by Crippen LogP contribution is 2.29. The van der Waals surface area contributed by atoms with Crippen LogP contribution in [0.3, 0.4) is 0 Å². The summed E-state index contributed by atoms with van der Waals surface area (Å²) in [7, 11) is 0. The molecular weight excluding hydrogens is 363 g/mol. The smallest absolute Gasteiger partial charge is 0.416 e. The minimum Gasteiger partial charge on any atom is -0.440 e. The van der Waals surface area contributed by atoms with E-state index in [0.717, 1.165) is 25.2 Å². The van der Waals surface area contributed by atoms with E-state index in [1.165, 1.54) is 18.3 Å². The maximum Gasteiger partial charge on any atom is 0.416 e. The fraction of sp³-hybridized carbons (Fsp3) is 0.333. The van der Waals surface area contributed by atoms with Crippen LogP contribution in [0.1, 0.15) is 16.9 Å². The van der Waals surface area contributed by atoms with Crippen LogP contribution in [-0.2, 0) is 22.1 Å². The zero-order valence-electron chi connectivity index (χ0n) is 14.3. The summed E-state index contributed by atoms with van der Waals surface area (Å²) in [6.07, 6.45) is -3.31. The van der Waals surface area contributed by atoms with Gasteiger partial charge in [-0.1, -0.05) is 18.2 Å². The Balaban J connectivity index is 1.52. The molecule has 0 bridgehead atoms. The van der Waals surface area contributed by atoms with Gasteiger partial charge in [0.25, 0.3) is 0 Å². The van der Waals surface area contributed by atoms with Crippen molar-refractivity contribution in [2.45, 2.75) is 12.6 Å². The summed E-state index contributed by atoms with van der Waals surface area (Å²) in [5.74, 6) is 0.622. The van der Waals surface area contributed by atoms with E-state index < -0.39 is 17.6 Å². The zero-order chi connectivity index (χ0) is 19.3. The van der Waals surface area contributed by atoms with Gasteiger partial charge in [0, 0.05) is 19.2 Å². The van der Waals surface area contributed by atoms with Gasteiger partial charge < -0.3 is 14.1 Å². The molecular formula is C18H18F3N3O3. The summed E-state index contributed by atoms with van der Waals surface area (Å²) >= 11 is 0. The largest absolute Gasteiger partial charge is 0.440 e. The number of alkyl halides is 3. The lowest BCUT2D eigenvalue weighted by molar-refractivity contribution is -0.137. The molecule has 1 aromatic carbocycles. The Morgan fingerprint density at radius 2 is 2.00 bits per heavy atom. The van der Waals surface area contributed by atoms with E-state index in [0.29, 0.717) is 24.9 Å². The van der Waals surface area contributed by atoms with Gasteiger partial charge in [0.1, 0.15) is 5.76 Å². The summed E-state index contributed by atoms with van der Waals surface area (Å²) in [5, 5.41) is 3.78. The average Bonchev–Trinajstić information content (AvgIpc) is 3.11. The number of ether oxygens (including phenoxy) is 1. The van der Waals surface area contributed by atoms with Crippen molar-refractivity contribution in [1.29, 1.82) is 0 Å². The lowest BCUT2D eigenvalue weighted by atomic mass is 10.1. The first-order valence-electron chi connectivity index (χ1n) is 8.32. The number of hydrogen-bond donors (Lipinski definition) is 1. The molecule has 0 unspecified atom stereocenters. The molecule has 9 heteroatoms. The van der Waals surface area contributed by atoms with Gasteiger partial charge in [0.05, 0.1) is 31.4 Å². The van der Waals surface area contributed by atoms with Gasteiger partial charge in [0.2, 0.25) is 5.91 Å². The van der Waals surface area contributed by atoms with Gasteiger partial charge in [-0.3, -0.25) is 4.79 Å². The first-order valence-corrected chi connectivity index (χ1v) is 8.32. The van der Waals surface area contributed by atoms with Crippen molar-refractivity contribution in [3.63, 3.8) is 0 Å². The summed E-state index contributed by atoms with van der Waals surface area (Å²) in [6, 6.07) is 8.15. The second-order valence-corrected chi connectivity index (χ2v) is 5.94. The molecule has 27 heavy (non-hydrogen) atoms. The van der Waals surface area contributed by atoms with Crippen molar-refractivity contribution in [3.05, 3.63) is 53.3 Å². The number of hydrazone groups is 1. The minimum atomic E-state index is -4.44. The Kier molecular flexibility index (Phi) is 5.80. The van der Waals surface area contributed by atoms with Crippen LogP contribution >= 0.6 is 0 Å². The predicted molar refractivity (Wildman–Crippen MR) is 92.6 cm³/mol. The highest BCUT2D eigenvalue weighted by Gasteiger charge is 2.30. The molecule has 1 saturated heterocycles. The summed E-state index contributed by atoms with van der Waals surface area (Å²) in [6.45, 7) is 2.74. The number of carbonyl (C=O) groups is 1. The highest BCUT2D eigenvalue weighted by atomic mass is 19.4.